The predicted octanol–water partition coefficient (Wildman–Crippen LogP) is 2.78. The van der Waals surface area contributed by atoms with Gasteiger partial charge in [-0.15, -0.1) is 0 Å². The van der Waals surface area contributed by atoms with Gasteiger partial charge in [0.25, 0.3) is 0 Å². The minimum atomic E-state index is -0.211. The average Bonchev–Trinajstić information content (AvgIpc) is 2.67. The van der Waals surface area contributed by atoms with Crippen LogP contribution in [0.25, 0.3) is 0 Å². The van der Waals surface area contributed by atoms with Gasteiger partial charge in [0.1, 0.15) is 11.6 Å². The van der Waals surface area contributed by atoms with E-state index in [1.807, 2.05) is 31.2 Å². The van der Waals surface area contributed by atoms with E-state index >= 15 is 0 Å². The second-order valence-corrected chi connectivity index (χ2v) is 6.43. The van der Waals surface area contributed by atoms with Crippen molar-refractivity contribution in [2.24, 2.45) is 10.7 Å². The molecular weight excluding hydrogens is 331 g/mol. The van der Waals surface area contributed by atoms with Crippen LogP contribution in [0.3, 0.4) is 0 Å². The highest BCUT2D eigenvalue weighted by Crippen LogP contribution is 2.19. The van der Waals surface area contributed by atoms with Crippen LogP contribution < -0.4 is 15.4 Å². The van der Waals surface area contributed by atoms with E-state index in [1.165, 1.54) is 12.1 Å². The van der Waals surface area contributed by atoms with Gasteiger partial charge in [-0.2, -0.15) is 0 Å². The number of anilines is 1. The Kier molecular flexibility index (Phi) is 5.61. The molecule has 2 aromatic rings. The molecule has 0 saturated carbocycles. The molecule has 2 aromatic carbocycles. The zero-order valence-corrected chi connectivity index (χ0v) is 15.3. The van der Waals surface area contributed by atoms with E-state index < -0.39 is 0 Å². The molecule has 0 spiro atoms. The second kappa shape index (κ2) is 8.08. The van der Waals surface area contributed by atoms with Gasteiger partial charge in [-0.1, -0.05) is 12.1 Å². The van der Waals surface area contributed by atoms with E-state index in [-0.39, 0.29) is 5.82 Å². The van der Waals surface area contributed by atoms with Crippen molar-refractivity contribution in [1.82, 2.24) is 4.90 Å². The van der Waals surface area contributed by atoms with Crippen molar-refractivity contribution in [3.05, 3.63) is 59.4 Å². The zero-order valence-electron chi connectivity index (χ0n) is 15.3. The summed E-state index contributed by atoms with van der Waals surface area (Å²) in [6.45, 7) is 5.84. The lowest BCUT2D eigenvalue weighted by Crippen LogP contribution is -2.51. The SMILES string of the molecule is COc1ccc(CN=C(N)N2CCN(c3ccc(F)cc3)CC2)cc1C. The summed E-state index contributed by atoms with van der Waals surface area (Å²) >= 11 is 0. The summed E-state index contributed by atoms with van der Waals surface area (Å²) in [6, 6.07) is 12.7. The Morgan fingerprint density at radius 1 is 1.12 bits per heavy atom. The van der Waals surface area contributed by atoms with Gasteiger partial charge in [-0.3, -0.25) is 0 Å². The molecule has 3 rings (SSSR count). The van der Waals surface area contributed by atoms with E-state index in [0.29, 0.717) is 12.5 Å². The van der Waals surface area contributed by atoms with Crippen LogP contribution in [-0.2, 0) is 6.54 Å². The van der Waals surface area contributed by atoms with Crippen LogP contribution in [0.2, 0.25) is 0 Å². The summed E-state index contributed by atoms with van der Waals surface area (Å²) in [5.74, 6) is 1.23. The van der Waals surface area contributed by atoms with Crippen LogP contribution >= 0.6 is 0 Å². The molecule has 2 N–H and O–H groups in total. The molecule has 26 heavy (non-hydrogen) atoms. The van der Waals surface area contributed by atoms with Crippen molar-refractivity contribution in [1.29, 1.82) is 0 Å². The number of halogens is 1. The third-order valence-corrected chi connectivity index (χ3v) is 4.68. The third kappa shape index (κ3) is 4.25. The Bertz CT molecular complexity index is 768. The molecule has 0 unspecified atom stereocenters. The molecule has 138 valence electrons. The number of hydrogen-bond donors (Lipinski definition) is 1. The molecule has 0 bridgehead atoms. The zero-order chi connectivity index (χ0) is 18.5. The quantitative estimate of drug-likeness (QED) is 0.676. The van der Waals surface area contributed by atoms with Crippen LogP contribution in [0, 0.1) is 12.7 Å². The van der Waals surface area contributed by atoms with E-state index in [0.717, 1.165) is 48.7 Å². The lowest BCUT2D eigenvalue weighted by molar-refractivity contribution is 0.380. The second-order valence-electron chi connectivity index (χ2n) is 6.43. The highest BCUT2D eigenvalue weighted by Gasteiger charge is 2.18. The molecule has 1 aliphatic heterocycles. The Hall–Kier alpha value is -2.76. The van der Waals surface area contributed by atoms with Crippen LogP contribution in [0.1, 0.15) is 11.1 Å². The molecule has 6 heteroatoms. The molecule has 5 nitrogen and oxygen atoms in total. The number of aryl methyl sites for hydroxylation is 1. The molecule has 0 radical (unpaired) electrons. The van der Waals surface area contributed by atoms with Gasteiger partial charge in [0.15, 0.2) is 5.96 Å². The molecule has 0 aromatic heterocycles. The van der Waals surface area contributed by atoms with E-state index in [9.17, 15) is 4.39 Å². The number of aliphatic imine (C=N–C) groups is 1. The van der Waals surface area contributed by atoms with Crippen molar-refractivity contribution in [3.8, 4) is 5.75 Å². The van der Waals surface area contributed by atoms with Crippen LogP contribution in [0.5, 0.6) is 5.75 Å². The normalized spacial score (nSPS) is 15.3. The van der Waals surface area contributed by atoms with Gasteiger partial charge in [0.2, 0.25) is 0 Å². The van der Waals surface area contributed by atoms with Crippen molar-refractivity contribution in [3.63, 3.8) is 0 Å². The predicted molar refractivity (Wildman–Crippen MR) is 103 cm³/mol. The lowest BCUT2D eigenvalue weighted by atomic mass is 10.1. The van der Waals surface area contributed by atoms with Crippen LogP contribution in [-0.4, -0.2) is 44.1 Å². The number of nitrogens with two attached hydrogens (primary N) is 1. The fraction of sp³-hybridized carbons (Fsp3) is 0.350. The standard InChI is InChI=1S/C20H25FN4O/c1-15-13-16(3-8-19(15)26-2)14-23-20(22)25-11-9-24(10-12-25)18-6-4-17(21)5-7-18/h3-8,13H,9-12,14H2,1-2H3,(H2,22,23). The summed E-state index contributed by atoms with van der Waals surface area (Å²) in [4.78, 5) is 8.86. The summed E-state index contributed by atoms with van der Waals surface area (Å²) in [7, 11) is 1.67. The van der Waals surface area contributed by atoms with E-state index in [4.69, 9.17) is 10.5 Å². The Labute approximate surface area is 153 Å². The molecule has 1 aliphatic rings. The first-order chi connectivity index (χ1) is 12.6. The Balaban J connectivity index is 1.56. The molecule has 1 heterocycles. The van der Waals surface area contributed by atoms with Gasteiger partial charge < -0.3 is 20.3 Å². The average molecular weight is 356 g/mol. The largest absolute Gasteiger partial charge is 0.496 e. The number of nitrogens with zero attached hydrogens (tertiary/aromatic N) is 3. The molecule has 1 fully saturated rings. The maximum Gasteiger partial charge on any atom is 0.191 e. The molecule has 0 atom stereocenters. The smallest absolute Gasteiger partial charge is 0.191 e. The maximum absolute atomic E-state index is 13.0. The highest BCUT2D eigenvalue weighted by atomic mass is 19.1. The monoisotopic (exact) mass is 356 g/mol. The summed E-state index contributed by atoms with van der Waals surface area (Å²) in [5, 5.41) is 0. The topological polar surface area (TPSA) is 54.1 Å². The first kappa shape index (κ1) is 18.0. The Morgan fingerprint density at radius 3 is 2.42 bits per heavy atom. The number of hydrogen-bond acceptors (Lipinski definition) is 3. The van der Waals surface area contributed by atoms with Crippen molar-refractivity contribution < 1.29 is 9.13 Å². The lowest BCUT2D eigenvalue weighted by Gasteiger charge is -2.36. The Morgan fingerprint density at radius 2 is 1.81 bits per heavy atom. The van der Waals surface area contributed by atoms with Crippen molar-refractivity contribution >= 4 is 11.6 Å². The van der Waals surface area contributed by atoms with Gasteiger partial charge in [-0.25, -0.2) is 9.38 Å². The van der Waals surface area contributed by atoms with Gasteiger partial charge >= 0.3 is 0 Å². The van der Waals surface area contributed by atoms with Crippen LogP contribution in [0.15, 0.2) is 47.5 Å². The van der Waals surface area contributed by atoms with Crippen molar-refractivity contribution in [2.75, 3.05) is 38.2 Å². The van der Waals surface area contributed by atoms with E-state index in [2.05, 4.69) is 20.9 Å². The number of methoxy groups -OCH3 is 1. The minimum Gasteiger partial charge on any atom is -0.496 e. The summed E-state index contributed by atoms with van der Waals surface area (Å²) < 4.78 is 18.3. The number of guanidine groups is 1. The molecule has 0 aliphatic carbocycles. The van der Waals surface area contributed by atoms with Gasteiger partial charge in [0.05, 0.1) is 13.7 Å². The maximum atomic E-state index is 13.0. The highest BCUT2D eigenvalue weighted by molar-refractivity contribution is 5.78. The van der Waals surface area contributed by atoms with Gasteiger partial charge in [-0.05, 0) is 48.4 Å². The summed E-state index contributed by atoms with van der Waals surface area (Å²) in [5.41, 5.74) is 9.41. The molecule has 0 amide bonds. The van der Waals surface area contributed by atoms with Crippen LogP contribution in [0.4, 0.5) is 10.1 Å². The van der Waals surface area contributed by atoms with E-state index in [1.54, 1.807) is 7.11 Å². The third-order valence-electron chi connectivity index (χ3n) is 4.68. The fourth-order valence-corrected chi connectivity index (χ4v) is 3.16. The fourth-order valence-electron chi connectivity index (χ4n) is 3.16. The first-order valence-corrected chi connectivity index (χ1v) is 8.75. The minimum absolute atomic E-state index is 0.211. The number of piperazine rings is 1. The molecule has 1 saturated heterocycles. The number of rotatable bonds is 4. The summed E-state index contributed by atoms with van der Waals surface area (Å²) in [6.07, 6.45) is 0. The first-order valence-electron chi connectivity index (χ1n) is 8.75. The molecular formula is C20H25FN4O. The van der Waals surface area contributed by atoms with Crippen molar-refractivity contribution in [2.45, 2.75) is 13.5 Å². The van der Waals surface area contributed by atoms with Gasteiger partial charge in [0, 0.05) is 31.9 Å². The number of ether oxygens (including phenoxy) is 1. The number of benzene rings is 2.